The number of aryl methyl sites for hydroxylation is 2. The van der Waals surface area contributed by atoms with Gasteiger partial charge in [0.25, 0.3) is 0 Å². The molecule has 0 atom stereocenters. The Hall–Kier alpha value is -2.18. The van der Waals surface area contributed by atoms with Gasteiger partial charge in [0.1, 0.15) is 5.01 Å². The highest BCUT2D eigenvalue weighted by Gasteiger charge is 2.17. The fourth-order valence-corrected chi connectivity index (χ4v) is 4.12. The predicted octanol–water partition coefficient (Wildman–Crippen LogP) is 4.48. The molecule has 3 aromatic rings. The van der Waals surface area contributed by atoms with Crippen molar-refractivity contribution < 1.29 is 4.79 Å². The van der Waals surface area contributed by atoms with Crippen molar-refractivity contribution in [3.05, 3.63) is 70.7 Å². The molecule has 6 heteroatoms. The molecule has 4 nitrogen and oxygen atoms in total. The number of carbonyl (C=O) groups excluding carboxylic acids is 1. The molecule has 0 fully saturated rings. The Morgan fingerprint density at radius 3 is 2.56 bits per heavy atom. The Labute approximate surface area is 155 Å². The summed E-state index contributed by atoms with van der Waals surface area (Å²) in [5, 5.41) is 8.99. The fourth-order valence-electron chi connectivity index (χ4n) is 2.42. The summed E-state index contributed by atoms with van der Waals surface area (Å²) in [5.74, 6) is 0.405. The predicted molar refractivity (Wildman–Crippen MR) is 104 cm³/mol. The summed E-state index contributed by atoms with van der Waals surface area (Å²) < 4.78 is 0.828. The lowest BCUT2D eigenvalue weighted by Gasteiger charge is -2.23. The van der Waals surface area contributed by atoms with Crippen molar-refractivity contribution in [1.29, 1.82) is 0 Å². The first-order valence-corrected chi connectivity index (χ1v) is 9.76. The SMILES string of the molecule is Cc1cccc(N(Cc2ccccc2)C(=O)CSc2nnc(C)s2)c1. The first-order chi connectivity index (χ1) is 12.1. The Kier molecular flexibility index (Phi) is 5.83. The van der Waals surface area contributed by atoms with Gasteiger partial charge in [-0.15, -0.1) is 10.2 Å². The summed E-state index contributed by atoms with van der Waals surface area (Å²) in [6, 6.07) is 18.1. The minimum atomic E-state index is 0.0623. The van der Waals surface area contributed by atoms with Crippen LogP contribution in [0.3, 0.4) is 0 Å². The number of amides is 1. The fraction of sp³-hybridized carbons (Fsp3) is 0.211. The second-order valence-electron chi connectivity index (χ2n) is 5.68. The highest BCUT2D eigenvalue weighted by Crippen LogP contribution is 2.25. The summed E-state index contributed by atoms with van der Waals surface area (Å²) in [6.07, 6.45) is 0. The number of hydrogen-bond donors (Lipinski definition) is 0. The van der Waals surface area contributed by atoms with Gasteiger partial charge < -0.3 is 4.90 Å². The zero-order valence-electron chi connectivity index (χ0n) is 14.2. The van der Waals surface area contributed by atoms with E-state index in [0.29, 0.717) is 12.3 Å². The molecule has 0 saturated carbocycles. The minimum absolute atomic E-state index is 0.0623. The third kappa shape index (κ3) is 4.90. The zero-order valence-corrected chi connectivity index (χ0v) is 15.8. The van der Waals surface area contributed by atoms with Crippen LogP contribution in [0.15, 0.2) is 58.9 Å². The molecule has 0 aliphatic rings. The van der Waals surface area contributed by atoms with Crippen LogP contribution < -0.4 is 4.90 Å². The van der Waals surface area contributed by atoms with Crippen molar-refractivity contribution in [2.45, 2.75) is 24.7 Å². The molecule has 0 saturated heterocycles. The van der Waals surface area contributed by atoms with E-state index in [1.54, 1.807) is 0 Å². The topological polar surface area (TPSA) is 46.1 Å². The number of hydrogen-bond acceptors (Lipinski definition) is 5. The molecule has 25 heavy (non-hydrogen) atoms. The van der Waals surface area contributed by atoms with Crippen LogP contribution in [-0.2, 0) is 11.3 Å². The monoisotopic (exact) mass is 369 g/mol. The van der Waals surface area contributed by atoms with E-state index < -0.39 is 0 Å². The summed E-state index contributed by atoms with van der Waals surface area (Å²) in [5.41, 5.74) is 3.16. The molecule has 128 valence electrons. The lowest BCUT2D eigenvalue weighted by atomic mass is 10.1. The summed E-state index contributed by atoms with van der Waals surface area (Å²) >= 11 is 2.95. The Bertz CT molecular complexity index is 849. The van der Waals surface area contributed by atoms with Gasteiger partial charge in [0, 0.05) is 5.69 Å². The lowest BCUT2D eigenvalue weighted by Crippen LogP contribution is -2.32. The van der Waals surface area contributed by atoms with Crippen molar-refractivity contribution >= 4 is 34.7 Å². The van der Waals surface area contributed by atoms with Gasteiger partial charge in [-0.25, -0.2) is 0 Å². The Morgan fingerprint density at radius 2 is 1.88 bits per heavy atom. The molecule has 0 bridgehead atoms. The van der Waals surface area contributed by atoms with Gasteiger partial charge in [-0.1, -0.05) is 65.6 Å². The van der Waals surface area contributed by atoms with Gasteiger partial charge in [0.2, 0.25) is 5.91 Å². The second kappa shape index (κ2) is 8.27. The van der Waals surface area contributed by atoms with E-state index in [-0.39, 0.29) is 5.91 Å². The number of rotatable bonds is 6. The first kappa shape index (κ1) is 17.6. The van der Waals surface area contributed by atoms with Crippen LogP contribution in [0.1, 0.15) is 16.1 Å². The van der Waals surface area contributed by atoms with E-state index >= 15 is 0 Å². The molecule has 1 amide bonds. The van der Waals surface area contributed by atoms with Gasteiger partial charge in [0.05, 0.1) is 12.3 Å². The number of anilines is 1. The lowest BCUT2D eigenvalue weighted by molar-refractivity contribution is -0.116. The normalized spacial score (nSPS) is 10.6. The third-order valence-corrected chi connectivity index (χ3v) is 5.58. The van der Waals surface area contributed by atoms with Gasteiger partial charge >= 0.3 is 0 Å². The third-order valence-electron chi connectivity index (χ3n) is 3.62. The molecule has 0 radical (unpaired) electrons. The average Bonchev–Trinajstić information content (AvgIpc) is 3.04. The minimum Gasteiger partial charge on any atom is -0.307 e. The number of thioether (sulfide) groups is 1. The van der Waals surface area contributed by atoms with Crippen LogP contribution in [0.25, 0.3) is 0 Å². The summed E-state index contributed by atoms with van der Waals surface area (Å²) in [4.78, 5) is 14.7. The first-order valence-electron chi connectivity index (χ1n) is 7.95. The van der Waals surface area contributed by atoms with E-state index in [4.69, 9.17) is 0 Å². The van der Waals surface area contributed by atoms with Crippen LogP contribution in [0.5, 0.6) is 0 Å². The number of nitrogens with zero attached hydrogens (tertiary/aromatic N) is 3. The van der Waals surface area contributed by atoms with Crippen molar-refractivity contribution in [3.8, 4) is 0 Å². The van der Waals surface area contributed by atoms with Gasteiger partial charge in [-0.05, 0) is 37.1 Å². The molecule has 1 heterocycles. The van der Waals surface area contributed by atoms with E-state index in [1.165, 1.54) is 23.1 Å². The van der Waals surface area contributed by atoms with Crippen LogP contribution in [0.2, 0.25) is 0 Å². The van der Waals surface area contributed by atoms with Gasteiger partial charge in [-0.3, -0.25) is 4.79 Å². The van der Waals surface area contributed by atoms with E-state index in [0.717, 1.165) is 26.2 Å². The van der Waals surface area contributed by atoms with Crippen LogP contribution >= 0.6 is 23.1 Å². The smallest absolute Gasteiger partial charge is 0.237 e. The van der Waals surface area contributed by atoms with Crippen molar-refractivity contribution in [1.82, 2.24) is 10.2 Å². The molecule has 0 aliphatic heterocycles. The van der Waals surface area contributed by atoms with Crippen LogP contribution in [0, 0.1) is 13.8 Å². The average molecular weight is 370 g/mol. The number of benzene rings is 2. The molecule has 1 aromatic heterocycles. The van der Waals surface area contributed by atoms with Crippen LogP contribution in [-0.4, -0.2) is 21.9 Å². The molecule has 0 aliphatic carbocycles. The molecule has 3 rings (SSSR count). The number of aromatic nitrogens is 2. The van der Waals surface area contributed by atoms with E-state index in [9.17, 15) is 4.79 Å². The maximum Gasteiger partial charge on any atom is 0.237 e. The zero-order chi connectivity index (χ0) is 17.6. The standard InChI is InChI=1S/C19H19N3OS2/c1-14-7-6-10-17(11-14)22(12-16-8-4-3-5-9-16)18(23)13-24-19-21-20-15(2)25-19/h3-11H,12-13H2,1-2H3. The maximum atomic E-state index is 12.9. The molecular formula is C19H19N3OS2. The molecule has 0 spiro atoms. The van der Waals surface area contributed by atoms with E-state index in [2.05, 4.69) is 10.2 Å². The largest absolute Gasteiger partial charge is 0.307 e. The summed E-state index contributed by atoms with van der Waals surface area (Å²) in [7, 11) is 0. The van der Waals surface area contributed by atoms with Crippen molar-refractivity contribution in [3.63, 3.8) is 0 Å². The second-order valence-corrected chi connectivity index (χ2v) is 8.08. The molecule has 0 unspecified atom stereocenters. The highest BCUT2D eigenvalue weighted by molar-refractivity contribution is 8.01. The van der Waals surface area contributed by atoms with Crippen molar-refractivity contribution in [2.24, 2.45) is 0 Å². The Morgan fingerprint density at radius 1 is 1.08 bits per heavy atom. The van der Waals surface area contributed by atoms with Gasteiger partial charge in [0.15, 0.2) is 4.34 Å². The maximum absolute atomic E-state index is 12.9. The Balaban J connectivity index is 1.78. The quantitative estimate of drug-likeness (QED) is 0.601. The van der Waals surface area contributed by atoms with Crippen molar-refractivity contribution in [2.75, 3.05) is 10.7 Å². The number of carbonyl (C=O) groups is 1. The highest BCUT2D eigenvalue weighted by atomic mass is 32.2. The molecule has 0 N–H and O–H groups in total. The molecular weight excluding hydrogens is 350 g/mol. The van der Waals surface area contributed by atoms with Crippen LogP contribution in [0.4, 0.5) is 5.69 Å². The summed E-state index contributed by atoms with van der Waals surface area (Å²) in [6.45, 7) is 4.50. The van der Waals surface area contributed by atoms with E-state index in [1.807, 2.05) is 73.3 Å². The molecule has 2 aromatic carbocycles. The van der Waals surface area contributed by atoms with Gasteiger partial charge in [-0.2, -0.15) is 0 Å².